The second kappa shape index (κ2) is 8.26. The van der Waals surface area contributed by atoms with E-state index in [1.807, 2.05) is 6.92 Å². The minimum atomic E-state index is -1.42. The molecule has 2 aromatic rings. The lowest BCUT2D eigenvalue weighted by Gasteiger charge is -2.35. The van der Waals surface area contributed by atoms with Gasteiger partial charge in [-0.3, -0.25) is 4.79 Å². The number of fused-ring (bicyclic) bond motifs is 1. The highest BCUT2D eigenvalue weighted by atomic mass is 19.1. The number of carbonyl (C=O) groups is 1. The van der Waals surface area contributed by atoms with E-state index in [1.165, 1.54) is 10.8 Å². The topological polar surface area (TPSA) is 110 Å². The molecule has 166 valence electrons. The zero-order valence-electron chi connectivity index (χ0n) is 17.1. The number of hydrogen-bond donors (Lipinski definition) is 2. The molecule has 2 fully saturated rings. The molecule has 1 aliphatic carbocycles. The summed E-state index contributed by atoms with van der Waals surface area (Å²) in [5, 5.41) is 13.2. The minimum Gasteiger partial charge on any atom is -0.477 e. The SMILES string of the molecule is CCO/N=C1\CCN(c2c(F)cc3c(=O)c(C(=O)O)cn(C4CC4)c3c2F)CC1CN. The van der Waals surface area contributed by atoms with Crippen molar-refractivity contribution >= 4 is 28.3 Å². The third-order valence-electron chi connectivity index (χ3n) is 5.82. The molecular formula is C21H24F2N4O4. The second-order valence-corrected chi connectivity index (χ2v) is 7.86. The average Bonchev–Trinajstić information content (AvgIpc) is 3.58. The molecule has 1 saturated heterocycles. The number of piperidine rings is 1. The van der Waals surface area contributed by atoms with Crippen molar-refractivity contribution in [3.05, 3.63) is 39.7 Å². The van der Waals surface area contributed by atoms with Crippen molar-refractivity contribution in [2.45, 2.75) is 32.2 Å². The van der Waals surface area contributed by atoms with Gasteiger partial charge in [-0.2, -0.15) is 0 Å². The summed E-state index contributed by atoms with van der Waals surface area (Å²) in [4.78, 5) is 30.8. The number of benzene rings is 1. The summed E-state index contributed by atoms with van der Waals surface area (Å²) in [5.41, 5.74) is 4.92. The summed E-state index contributed by atoms with van der Waals surface area (Å²) in [6, 6.07) is 0.833. The van der Waals surface area contributed by atoms with Gasteiger partial charge in [-0.05, 0) is 25.8 Å². The molecule has 4 rings (SSSR count). The van der Waals surface area contributed by atoms with Crippen LogP contribution in [0.25, 0.3) is 10.9 Å². The van der Waals surface area contributed by atoms with Crippen LogP contribution in [-0.4, -0.2) is 47.6 Å². The maximum atomic E-state index is 15.7. The molecule has 31 heavy (non-hydrogen) atoms. The molecule has 1 atom stereocenters. The number of pyridine rings is 1. The van der Waals surface area contributed by atoms with Crippen molar-refractivity contribution in [2.75, 3.05) is 31.1 Å². The monoisotopic (exact) mass is 434 g/mol. The fourth-order valence-corrected chi connectivity index (χ4v) is 4.11. The number of anilines is 1. The Morgan fingerprint density at radius 2 is 2.13 bits per heavy atom. The van der Waals surface area contributed by atoms with Gasteiger partial charge in [-0.15, -0.1) is 0 Å². The van der Waals surface area contributed by atoms with Gasteiger partial charge in [0.2, 0.25) is 5.43 Å². The van der Waals surface area contributed by atoms with Gasteiger partial charge in [0.25, 0.3) is 0 Å². The standard InChI is InChI=1S/C21H24F2N4O4/c1-2-31-25-16-5-6-26(9-11(16)8-24)19-15(22)7-13-18(17(19)23)27(12-3-4-12)10-14(20(13)28)21(29)30/h7,10-12H,2-6,8-9,24H2,1H3,(H,29,30)/b25-16+. The van der Waals surface area contributed by atoms with Crippen LogP contribution in [0.5, 0.6) is 0 Å². The number of aromatic carboxylic acids is 1. The van der Waals surface area contributed by atoms with Gasteiger partial charge < -0.3 is 25.1 Å². The summed E-state index contributed by atoms with van der Waals surface area (Å²) in [6.07, 6.45) is 3.08. The first-order chi connectivity index (χ1) is 14.9. The number of rotatable bonds is 6. The van der Waals surface area contributed by atoms with Gasteiger partial charge in [0.1, 0.15) is 23.7 Å². The number of carboxylic acid groups (broad SMARTS) is 1. The van der Waals surface area contributed by atoms with E-state index < -0.39 is 28.6 Å². The van der Waals surface area contributed by atoms with Gasteiger partial charge in [0.05, 0.1) is 16.6 Å². The van der Waals surface area contributed by atoms with E-state index >= 15 is 8.78 Å². The molecule has 1 saturated carbocycles. The van der Waals surface area contributed by atoms with E-state index in [-0.39, 0.29) is 41.6 Å². The Morgan fingerprint density at radius 1 is 1.39 bits per heavy atom. The van der Waals surface area contributed by atoms with E-state index in [0.717, 1.165) is 24.6 Å². The quantitative estimate of drug-likeness (QED) is 0.676. The average molecular weight is 434 g/mol. The molecular weight excluding hydrogens is 410 g/mol. The molecule has 0 bridgehead atoms. The fraction of sp³-hybridized carbons (Fsp3) is 0.476. The molecule has 2 heterocycles. The van der Waals surface area contributed by atoms with Gasteiger partial charge in [-0.25, -0.2) is 13.6 Å². The molecule has 1 aromatic heterocycles. The highest BCUT2D eigenvalue weighted by Gasteiger charge is 2.33. The maximum Gasteiger partial charge on any atom is 0.341 e. The highest BCUT2D eigenvalue weighted by molar-refractivity contribution is 5.94. The number of nitrogens with two attached hydrogens (primary N) is 1. The summed E-state index contributed by atoms with van der Waals surface area (Å²) >= 11 is 0. The van der Waals surface area contributed by atoms with Crippen molar-refractivity contribution < 1.29 is 23.5 Å². The van der Waals surface area contributed by atoms with Crippen LogP contribution in [0.2, 0.25) is 0 Å². The van der Waals surface area contributed by atoms with Gasteiger partial charge in [0, 0.05) is 44.2 Å². The summed E-state index contributed by atoms with van der Waals surface area (Å²) in [5.74, 6) is -3.42. The first-order valence-electron chi connectivity index (χ1n) is 10.3. The number of halogens is 2. The first-order valence-corrected chi connectivity index (χ1v) is 10.3. The summed E-state index contributed by atoms with van der Waals surface area (Å²) in [7, 11) is 0. The first kappa shape index (κ1) is 21.2. The zero-order chi connectivity index (χ0) is 22.3. The summed E-state index contributed by atoms with van der Waals surface area (Å²) in [6.45, 7) is 3.03. The van der Waals surface area contributed by atoms with Crippen LogP contribution in [0, 0.1) is 17.6 Å². The lowest BCUT2D eigenvalue weighted by atomic mass is 9.95. The predicted octanol–water partition coefficient (Wildman–Crippen LogP) is 2.49. The van der Waals surface area contributed by atoms with Crippen LogP contribution in [0.1, 0.15) is 42.6 Å². The van der Waals surface area contributed by atoms with E-state index in [9.17, 15) is 14.7 Å². The Kier molecular flexibility index (Phi) is 5.65. The fourth-order valence-electron chi connectivity index (χ4n) is 4.11. The van der Waals surface area contributed by atoms with Crippen LogP contribution in [-0.2, 0) is 4.84 Å². The number of carboxylic acids is 1. The van der Waals surface area contributed by atoms with Crippen LogP contribution in [0.3, 0.4) is 0 Å². The van der Waals surface area contributed by atoms with Gasteiger partial charge >= 0.3 is 5.97 Å². The molecule has 0 radical (unpaired) electrons. The maximum absolute atomic E-state index is 15.7. The van der Waals surface area contributed by atoms with E-state index in [1.54, 1.807) is 4.90 Å². The van der Waals surface area contributed by atoms with Gasteiger partial charge in [0.15, 0.2) is 5.82 Å². The second-order valence-electron chi connectivity index (χ2n) is 7.86. The molecule has 3 N–H and O–H groups in total. The summed E-state index contributed by atoms with van der Waals surface area (Å²) < 4.78 is 32.3. The van der Waals surface area contributed by atoms with Crippen LogP contribution in [0.4, 0.5) is 14.5 Å². The lowest BCUT2D eigenvalue weighted by Crippen LogP contribution is -2.45. The Balaban J connectivity index is 1.83. The number of hydrogen-bond acceptors (Lipinski definition) is 6. The molecule has 2 aliphatic rings. The largest absolute Gasteiger partial charge is 0.477 e. The van der Waals surface area contributed by atoms with Crippen molar-refractivity contribution in [1.82, 2.24) is 4.57 Å². The van der Waals surface area contributed by atoms with E-state index in [4.69, 9.17) is 10.6 Å². The van der Waals surface area contributed by atoms with Crippen molar-refractivity contribution in [1.29, 1.82) is 0 Å². The van der Waals surface area contributed by atoms with Crippen molar-refractivity contribution in [3.8, 4) is 0 Å². The highest BCUT2D eigenvalue weighted by Crippen LogP contribution is 2.40. The zero-order valence-corrected chi connectivity index (χ0v) is 17.1. The van der Waals surface area contributed by atoms with E-state index in [2.05, 4.69) is 5.16 Å². The molecule has 1 aromatic carbocycles. The Labute approximate surface area is 176 Å². The molecule has 0 spiro atoms. The third kappa shape index (κ3) is 3.76. The number of aromatic nitrogens is 1. The van der Waals surface area contributed by atoms with Crippen LogP contribution in [0.15, 0.2) is 22.2 Å². The van der Waals surface area contributed by atoms with E-state index in [0.29, 0.717) is 19.6 Å². The minimum absolute atomic E-state index is 0.0630. The molecule has 10 heteroatoms. The molecule has 1 unspecified atom stereocenters. The number of nitrogens with zero attached hydrogens (tertiary/aromatic N) is 3. The molecule has 8 nitrogen and oxygen atoms in total. The third-order valence-corrected chi connectivity index (χ3v) is 5.82. The Morgan fingerprint density at radius 3 is 2.74 bits per heavy atom. The van der Waals surface area contributed by atoms with Crippen LogP contribution >= 0.6 is 0 Å². The molecule has 1 aliphatic heterocycles. The Bertz CT molecular complexity index is 1130. The lowest BCUT2D eigenvalue weighted by molar-refractivity contribution is 0.0694. The smallest absolute Gasteiger partial charge is 0.341 e. The molecule has 0 amide bonds. The predicted molar refractivity (Wildman–Crippen MR) is 112 cm³/mol. The Hall–Kier alpha value is -3.01. The normalized spacial score (nSPS) is 20.5. The van der Waals surface area contributed by atoms with Crippen LogP contribution < -0.4 is 16.1 Å². The van der Waals surface area contributed by atoms with Crippen molar-refractivity contribution in [3.63, 3.8) is 0 Å². The number of oxime groups is 1. The van der Waals surface area contributed by atoms with Crippen molar-refractivity contribution in [2.24, 2.45) is 16.8 Å². The van der Waals surface area contributed by atoms with Gasteiger partial charge in [-0.1, -0.05) is 5.16 Å².